The third-order valence-electron chi connectivity index (χ3n) is 5.24. The van der Waals surface area contributed by atoms with E-state index in [1.54, 1.807) is 17.5 Å². The van der Waals surface area contributed by atoms with Gasteiger partial charge in [0.2, 0.25) is 10.0 Å². The number of aryl methyl sites for hydroxylation is 2. The number of imidazole rings is 1. The van der Waals surface area contributed by atoms with Crippen molar-refractivity contribution >= 4 is 38.4 Å². The molecule has 10 heteroatoms. The first-order valence-corrected chi connectivity index (χ1v) is 12.6. The summed E-state index contributed by atoms with van der Waals surface area (Å²) in [6, 6.07) is 12.8. The van der Waals surface area contributed by atoms with Gasteiger partial charge in [-0.3, -0.25) is 0 Å². The van der Waals surface area contributed by atoms with E-state index in [1.165, 1.54) is 31.5 Å². The summed E-state index contributed by atoms with van der Waals surface area (Å²) >= 11 is 1.38. The Bertz CT molecular complexity index is 1420. The Kier molecular flexibility index (Phi) is 6.33. The quantitative estimate of drug-likeness (QED) is 0.367. The highest BCUT2D eigenvalue weighted by atomic mass is 32.2. The van der Waals surface area contributed by atoms with Gasteiger partial charge in [0.05, 0.1) is 15.9 Å². The molecule has 172 valence electrons. The third-order valence-corrected chi connectivity index (χ3v) is 7.94. The summed E-state index contributed by atoms with van der Waals surface area (Å²) in [6.45, 7) is 4.51. The van der Waals surface area contributed by atoms with Crippen molar-refractivity contribution in [1.82, 2.24) is 18.8 Å². The fraction of sp³-hybridized carbons (Fsp3) is 0.261. The zero-order valence-electron chi connectivity index (χ0n) is 18.8. The molecule has 33 heavy (non-hydrogen) atoms. The first-order valence-electron chi connectivity index (χ1n) is 10.3. The van der Waals surface area contributed by atoms with Gasteiger partial charge in [-0.25, -0.2) is 27.5 Å². The summed E-state index contributed by atoms with van der Waals surface area (Å²) in [6.07, 6.45) is 0. The average molecular weight is 485 g/mol. The van der Waals surface area contributed by atoms with Gasteiger partial charge in [0, 0.05) is 31.6 Å². The maximum Gasteiger partial charge on any atom is 0.358 e. The summed E-state index contributed by atoms with van der Waals surface area (Å²) in [5.74, 6) is 0.00411. The van der Waals surface area contributed by atoms with E-state index in [9.17, 15) is 13.2 Å². The van der Waals surface area contributed by atoms with Crippen LogP contribution in [0.1, 0.15) is 28.8 Å². The topological polar surface area (TPSA) is 94.4 Å². The lowest BCUT2D eigenvalue weighted by Gasteiger charge is -2.11. The fourth-order valence-corrected chi connectivity index (χ4v) is 5.11. The lowest BCUT2D eigenvalue weighted by molar-refractivity contribution is 0.0453. The van der Waals surface area contributed by atoms with Crippen LogP contribution < -0.4 is 0 Å². The molecule has 0 saturated heterocycles. The van der Waals surface area contributed by atoms with E-state index in [4.69, 9.17) is 4.74 Å². The maximum atomic E-state index is 12.6. The standard InChI is InChI=1S/C23H24N4O4S2/c1-5-27-20-11-10-17(33(29,30)26(3)4)12-18(20)24-21(27)13-31-23(28)19-14-32-22(25-19)16-8-6-15(2)7-9-16/h6-12,14H,5,13H2,1-4H3. The van der Waals surface area contributed by atoms with Crippen LogP contribution in [0, 0.1) is 6.92 Å². The van der Waals surface area contributed by atoms with Crippen molar-refractivity contribution in [1.29, 1.82) is 0 Å². The van der Waals surface area contributed by atoms with Gasteiger partial charge in [0.25, 0.3) is 0 Å². The molecule has 0 unspecified atom stereocenters. The van der Waals surface area contributed by atoms with Crippen LogP contribution in [0.3, 0.4) is 0 Å². The number of aromatic nitrogens is 3. The summed E-state index contributed by atoms with van der Waals surface area (Å²) in [7, 11) is -0.604. The second-order valence-corrected chi connectivity index (χ2v) is 10.7. The van der Waals surface area contributed by atoms with Crippen LogP contribution >= 0.6 is 11.3 Å². The summed E-state index contributed by atoms with van der Waals surface area (Å²) < 4.78 is 33.4. The van der Waals surface area contributed by atoms with E-state index in [-0.39, 0.29) is 17.2 Å². The van der Waals surface area contributed by atoms with Gasteiger partial charge < -0.3 is 9.30 Å². The zero-order valence-corrected chi connectivity index (χ0v) is 20.4. The minimum atomic E-state index is -3.57. The van der Waals surface area contributed by atoms with Gasteiger partial charge >= 0.3 is 5.97 Å². The van der Waals surface area contributed by atoms with E-state index < -0.39 is 16.0 Å². The molecule has 0 saturated carbocycles. The lowest BCUT2D eigenvalue weighted by Crippen LogP contribution is -2.22. The number of ether oxygens (including phenoxy) is 1. The number of hydrogen-bond acceptors (Lipinski definition) is 7. The number of thiazole rings is 1. The van der Waals surface area contributed by atoms with Crippen LogP contribution in [-0.2, 0) is 27.9 Å². The number of fused-ring (bicyclic) bond motifs is 1. The first kappa shape index (κ1) is 23.1. The van der Waals surface area contributed by atoms with Crippen molar-refractivity contribution < 1.29 is 17.9 Å². The Morgan fingerprint density at radius 3 is 2.52 bits per heavy atom. The van der Waals surface area contributed by atoms with Crippen molar-refractivity contribution in [3.63, 3.8) is 0 Å². The molecule has 2 aromatic carbocycles. The van der Waals surface area contributed by atoms with Crippen LogP contribution in [0.25, 0.3) is 21.6 Å². The Morgan fingerprint density at radius 2 is 1.85 bits per heavy atom. The molecule has 0 radical (unpaired) electrons. The monoisotopic (exact) mass is 484 g/mol. The van der Waals surface area contributed by atoms with Gasteiger partial charge in [-0.1, -0.05) is 29.8 Å². The molecular weight excluding hydrogens is 460 g/mol. The van der Waals surface area contributed by atoms with Gasteiger partial charge in [-0.05, 0) is 32.0 Å². The zero-order chi connectivity index (χ0) is 23.8. The van der Waals surface area contributed by atoms with Crippen molar-refractivity contribution in [3.8, 4) is 10.6 Å². The molecule has 0 aliphatic rings. The minimum Gasteiger partial charge on any atom is -0.453 e. The van der Waals surface area contributed by atoms with Crippen LogP contribution in [-0.4, -0.2) is 47.3 Å². The number of sulfonamides is 1. The van der Waals surface area contributed by atoms with Crippen molar-refractivity contribution in [2.45, 2.75) is 31.9 Å². The van der Waals surface area contributed by atoms with Crippen LogP contribution in [0.15, 0.2) is 52.7 Å². The number of benzene rings is 2. The van der Waals surface area contributed by atoms with E-state index in [2.05, 4.69) is 9.97 Å². The highest BCUT2D eigenvalue weighted by molar-refractivity contribution is 7.89. The molecule has 4 aromatic rings. The smallest absolute Gasteiger partial charge is 0.358 e. The van der Waals surface area contributed by atoms with Crippen LogP contribution in [0.2, 0.25) is 0 Å². The molecule has 0 amide bonds. The number of carbonyl (C=O) groups is 1. The number of esters is 1. The molecule has 0 bridgehead atoms. The molecular formula is C23H24N4O4S2. The van der Waals surface area contributed by atoms with Gasteiger partial charge in [0.1, 0.15) is 17.4 Å². The van der Waals surface area contributed by atoms with E-state index in [0.29, 0.717) is 17.9 Å². The maximum absolute atomic E-state index is 12.6. The lowest BCUT2D eigenvalue weighted by atomic mass is 10.2. The average Bonchev–Trinajstić information content (AvgIpc) is 3.42. The number of hydrogen-bond donors (Lipinski definition) is 0. The Labute approximate surface area is 196 Å². The Balaban J connectivity index is 1.54. The summed E-state index contributed by atoms with van der Waals surface area (Å²) in [5.41, 5.74) is 3.65. The summed E-state index contributed by atoms with van der Waals surface area (Å²) in [4.78, 5) is 21.7. The van der Waals surface area contributed by atoms with E-state index >= 15 is 0 Å². The first-order chi connectivity index (χ1) is 15.7. The molecule has 2 aromatic heterocycles. The number of carbonyl (C=O) groups excluding carboxylic acids is 1. The van der Waals surface area contributed by atoms with Crippen LogP contribution in [0.4, 0.5) is 0 Å². The van der Waals surface area contributed by atoms with E-state index in [1.807, 2.05) is 42.7 Å². The fourth-order valence-electron chi connectivity index (χ4n) is 3.39. The Morgan fingerprint density at radius 1 is 1.12 bits per heavy atom. The molecule has 8 nitrogen and oxygen atoms in total. The molecule has 0 atom stereocenters. The van der Waals surface area contributed by atoms with Crippen molar-refractivity contribution in [2.24, 2.45) is 0 Å². The molecule has 0 spiro atoms. The molecule has 0 fully saturated rings. The van der Waals surface area contributed by atoms with Gasteiger partial charge in [0.15, 0.2) is 5.69 Å². The summed E-state index contributed by atoms with van der Waals surface area (Å²) in [5, 5.41) is 2.43. The van der Waals surface area contributed by atoms with Crippen LogP contribution in [0.5, 0.6) is 0 Å². The van der Waals surface area contributed by atoms with Crippen molar-refractivity contribution in [2.75, 3.05) is 14.1 Å². The predicted molar refractivity (Wildman–Crippen MR) is 128 cm³/mol. The predicted octanol–water partition coefficient (Wildman–Crippen LogP) is 4.10. The second kappa shape index (κ2) is 9.05. The second-order valence-electron chi connectivity index (χ2n) is 7.69. The number of rotatable bonds is 7. The van der Waals surface area contributed by atoms with Gasteiger partial charge in [-0.2, -0.15) is 0 Å². The third kappa shape index (κ3) is 4.54. The van der Waals surface area contributed by atoms with E-state index in [0.717, 1.165) is 26.0 Å². The molecule has 0 N–H and O–H groups in total. The van der Waals surface area contributed by atoms with Crippen molar-refractivity contribution in [3.05, 3.63) is 64.9 Å². The minimum absolute atomic E-state index is 0.0471. The highest BCUT2D eigenvalue weighted by Crippen LogP contribution is 2.25. The molecule has 0 aliphatic heterocycles. The molecule has 2 heterocycles. The molecule has 0 aliphatic carbocycles. The Hall–Kier alpha value is -3.08. The van der Waals surface area contributed by atoms with Gasteiger partial charge in [-0.15, -0.1) is 11.3 Å². The largest absolute Gasteiger partial charge is 0.453 e. The molecule has 4 rings (SSSR count). The normalized spacial score (nSPS) is 11.9. The highest BCUT2D eigenvalue weighted by Gasteiger charge is 2.20. The number of nitrogens with zero attached hydrogens (tertiary/aromatic N) is 4. The SMILES string of the molecule is CCn1c(COC(=O)c2csc(-c3ccc(C)cc3)n2)nc2cc(S(=O)(=O)N(C)C)ccc21.